The van der Waals surface area contributed by atoms with Gasteiger partial charge < -0.3 is 15.0 Å². The number of nitrogens with one attached hydrogen (secondary N) is 2. The van der Waals surface area contributed by atoms with Crippen molar-refractivity contribution in [3.8, 4) is 0 Å². The van der Waals surface area contributed by atoms with E-state index in [4.69, 9.17) is 4.74 Å². The third-order valence-corrected chi connectivity index (χ3v) is 5.01. The van der Waals surface area contributed by atoms with E-state index in [9.17, 15) is 18.4 Å². The Bertz CT molecular complexity index is 608. The number of hydrogen-bond acceptors (Lipinski definition) is 4. The first-order valence-electron chi connectivity index (χ1n) is 8.52. The number of rotatable bonds is 6. The van der Waals surface area contributed by atoms with Gasteiger partial charge in [0, 0.05) is 10.6 Å². The van der Waals surface area contributed by atoms with E-state index in [0.717, 1.165) is 4.90 Å². The van der Waals surface area contributed by atoms with Crippen molar-refractivity contribution in [1.82, 2.24) is 4.90 Å². The van der Waals surface area contributed by atoms with Gasteiger partial charge in [0.15, 0.2) is 6.04 Å². The Labute approximate surface area is 155 Å². The van der Waals surface area contributed by atoms with Crippen LogP contribution in [0.2, 0.25) is 0 Å². The maximum atomic E-state index is 12.4. The molecule has 9 heteroatoms. The molecule has 144 valence electrons. The minimum Gasteiger partial charge on any atom is -0.450 e. The Kier molecular flexibility index (Phi) is 7.65. The number of halogens is 2. The van der Waals surface area contributed by atoms with Gasteiger partial charge in [-0.25, -0.2) is 4.79 Å². The first kappa shape index (κ1) is 20.4. The summed E-state index contributed by atoms with van der Waals surface area (Å²) in [6.07, 6.45) is -0.314. The maximum Gasteiger partial charge on any atom is 0.410 e. The van der Waals surface area contributed by atoms with Crippen LogP contribution in [0, 0.1) is 0 Å². The van der Waals surface area contributed by atoms with Gasteiger partial charge in [0.25, 0.3) is 11.7 Å². The van der Waals surface area contributed by atoms with Gasteiger partial charge in [-0.2, -0.15) is 8.78 Å². The van der Waals surface area contributed by atoms with Crippen molar-refractivity contribution in [2.24, 2.45) is 0 Å². The van der Waals surface area contributed by atoms with Gasteiger partial charge >= 0.3 is 6.09 Å². The molecule has 2 amide bonds. The fourth-order valence-corrected chi connectivity index (χ4v) is 3.28. The average molecular weight is 388 g/mol. The van der Waals surface area contributed by atoms with E-state index >= 15 is 0 Å². The molecule has 1 saturated heterocycles. The van der Waals surface area contributed by atoms with E-state index in [2.05, 4.69) is 5.32 Å². The normalized spacial score (nSPS) is 16.4. The van der Waals surface area contributed by atoms with Crippen LogP contribution in [0.4, 0.5) is 19.3 Å². The van der Waals surface area contributed by atoms with Gasteiger partial charge in [0.2, 0.25) is 0 Å². The number of ether oxygens (including phenoxy) is 1. The summed E-state index contributed by atoms with van der Waals surface area (Å²) in [7, 11) is 0. The van der Waals surface area contributed by atoms with Crippen LogP contribution < -0.4 is 10.2 Å². The minimum atomic E-state index is -2.47. The molecule has 1 atom stereocenters. The van der Waals surface area contributed by atoms with Crippen LogP contribution in [0.1, 0.15) is 13.8 Å². The zero-order valence-electron chi connectivity index (χ0n) is 14.8. The van der Waals surface area contributed by atoms with Crippen LogP contribution in [0.15, 0.2) is 29.2 Å². The Morgan fingerprint density at radius 2 is 1.88 bits per heavy atom. The Hall–Kier alpha value is -1.87. The molecule has 0 spiro atoms. The average Bonchev–Trinajstić information content (AvgIpc) is 2.62. The second-order valence-corrected chi connectivity index (χ2v) is 7.02. The summed E-state index contributed by atoms with van der Waals surface area (Å²) >= 11 is 0.468. The molecule has 0 bridgehead atoms. The number of anilines is 1. The standard InChI is InChI=1S/C17H23F2N3O3S/c1-3-25-17(24)22-10-8-21(9-11-22)12(2)15(23)20-13-4-6-14(7-5-13)26-16(18)19/h4-7,12,16H,3,8-11H2,1-2H3,(H,20,23)/p+1/t12-/m1/s1. The molecule has 0 unspecified atom stereocenters. The fraction of sp³-hybridized carbons (Fsp3) is 0.529. The molecule has 26 heavy (non-hydrogen) atoms. The summed E-state index contributed by atoms with van der Waals surface area (Å²) in [4.78, 5) is 27.3. The first-order valence-corrected chi connectivity index (χ1v) is 9.40. The lowest BCUT2D eigenvalue weighted by molar-refractivity contribution is -0.917. The molecule has 1 aliphatic rings. The van der Waals surface area contributed by atoms with Gasteiger partial charge in [-0.05, 0) is 38.1 Å². The van der Waals surface area contributed by atoms with Crippen molar-refractivity contribution in [3.63, 3.8) is 0 Å². The van der Waals surface area contributed by atoms with Crippen LogP contribution in [0.25, 0.3) is 0 Å². The summed E-state index contributed by atoms with van der Waals surface area (Å²) in [5.41, 5.74) is 0.574. The monoisotopic (exact) mass is 388 g/mol. The number of carbonyl (C=O) groups excluding carboxylic acids is 2. The highest BCUT2D eigenvalue weighted by Crippen LogP contribution is 2.26. The molecule has 0 aromatic heterocycles. The Morgan fingerprint density at radius 1 is 1.27 bits per heavy atom. The number of thioether (sulfide) groups is 1. The van der Waals surface area contributed by atoms with Crippen molar-refractivity contribution in [2.75, 3.05) is 38.1 Å². The number of alkyl halides is 2. The summed E-state index contributed by atoms with van der Waals surface area (Å²) in [6.45, 7) is 6.38. The van der Waals surface area contributed by atoms with Crippen LogP contribution in [-0.4, -0.2) is 61.5 Å². The lowest BCUT2D eigenvalue weighted by atomic mass is 10.2. The quantitative estimate of drug-likeness (QED) is 0.728. The van der Waals surface area contributed by atoms with Crippen molar-refractivity contribution in [3.05, 3.63) is 24.3 Å². The number of carbonyl (C=O) groups is 2. The molecule has 0 aliphatic carbocycles. The second-order valence-electron chi connectivity index (χ2n) is 5.96. The van der Waals surface area contributed by atoms with Crippen molar-refractivity contribution in [2.45, 2.75) is 30.5 Å². The van der Waals surface area contributed by atoms with E-state index in [1.165, 1.54) is 0 Å². The van der Waals surface area contributed by atoms with Gasteiger partial charge in [-0.1, -0.05) is 11.8 Å². The molecule has 0 saturated carbocycles. The molecule has 1 fully saturated rings. The van der Waals surface area contributed by atoms with E-state index in [1.807, 2.05) is 6.92 Å². The molecular formula is C17H24F2N3O3S+. The van der Waals surface area contributed by atoms with Crippen LogP contribution >= 0.6 is 11.8 Å². The van der Waals surface area contributed by atoms with Gasteiger partial charge in [-0.3, -0.25) is 9.69 Å². The van der Waals surface area contributed by atoms with E-state index < -0.39 is 5.76 Å². The number of amides is 2. The highest BCUT2D eigenvalue weighted by Gasteiger charge is 2.31. The van der Waals surface area contributed by atoms with E-state index in [1.54, 1.807) is 36.1 Å². The summed E-state index contributed by atoms with van der Waals surface area (Å²) < 4.78 is 29.6. The van der Waals surface area contributed by atoms with Crippen molar-refractivity contribution in [1.29, 1.82) is 0 Å². The van der Waals surface area contributed by atoms with Crippen molar-refractivity contribution < 1.29 is 28.0 Å². The number of benzene rings is 1. The molecule has 2 rings (SSSR count). The number of hydrogen-bond donors (Lipinski definition) is 2. The fourth-order valence-electron chi connectivity index (χ4n) is 2.78. The molecule has 1 aromatic carbocycles. The summed E-state index contributed by atoms with van der Waals surface area (Å²) in [6, 6.07) is 6.06. The number of nitrogens with zero attached hydrogens (tertiary/aromatic N) is 1. The van der Waals surface area contributed by atoms with E-state index in [0.29, 0.717) is 55.1 Å². The van der Waals surface area contributed by atoms with Crippen LogP contribution in [0.3, 0.4) is 0 Å². The SMILES string of the molecule is CCOC(=O)N1CC[NH+]([C@H](C)C(=O)Nc2ccc(SC(F)F)cc2)CC1. The summed E-state index contributed by atoms with van der Waals surface area (Å²) in [5, 5.41) is 2.81. The van der Waals surface area contributed by atoms with Gasteiger partial charge in [-0.15, -0.1) is 0 Å². The molecule has 1 aromatic rings. The predicted molar refractivity (Wildman–Crippen MR) is 95.7 cm³/mol. The zero-order valence-corrected chi connectivity index (χ0v) is 15.7. The third-order valence-electron chi connectivity index (χ3n) is 4.28. The van der Waals surface area contributed by atoms with Gasteiger partial charge in [0.1, 0.15) is 0 Å². The molecule has 1 heterocycles. The largest absolute Gasteiger partial charge is 0.450 e. The second kappa shape index (κ2) is 9.72. The molecule has 1 aliphatic heterocycles. The van der Waals surface area contributed by atoms with E-state index in [-0.39, 0.29) is 18.0 Å². The zero-order chi connectivity index (χ0) is 19.1. The molecule has 6 nitrogen and oxygen atoms in total. The summed E-state index contributed by atoms with van der Waals surface area (Å²) in [5.74, 6) is -2.61. The van der Waals surface area contributed by atoms with Crippen LogP contribution in [0.5, 0.6) is 0 Å². The number of quaternary nitrogens is 1. The minimum absolute atomic E-state index is 0.140. The smallest absolute Gasteiger partial charge is 0.410 e. The highest BCUT2D eigenvalue weighted by atomic mass is 32.2. The molecular weight excluding hydrogens is 364 g/mol. The van der Waals surface area contributed by atoms with Crippen LogP contribution in [-0.2, 0) is 9.53 Å². The lowest BCUT2D eigenvalue weighted by Crippen LogP contribution is -3.19. The Balaban J connectivity index is 1.83. The van der Waals surface area contributed by atoms with Gasteiger partial charge in [0.05, 0.1) is 32.8 Å². The Morgan fingerprint density at radius 3 is 2.42 bits per heavy atom. The lowest BCUT2D eigenvalue weighted by Gasteiger charge is -2.34. The third kappa shape index (κ3) is 5.84. The predicted octanol–water partition coefficient (Wildman–Crippen LogP) is 1.69. The van der Waals surface area contributed by atoms with Crippen molar-refractivity contribution >= 4 is 29.4 Å². The first-order chi connectivity index (χ1) is 12.4. The maximum absolute atomic E-state index is 12.4. The topological polar surface area (TPSA) is 63.1 Å². The molecule has 2 N–H and O–H groups in total. The highest BCUT2D eigenvalue weighted by molar-refractivity contribution is 7.99. The number of piperazine rings is 1. The molecule has 0 radical (unpaired) electrons.